The predicted octanol–water partition coefficient (Wildman–Crippen LogP) is 0.729. The molecule has 3 heterocycles. The molecule has 0 unspecified atom stereocenters. The molecule has 8 heteroatoms. The number of nitrogens with zero attached hydrogens (tertiary/aromatic N) is 4. The van der Waals surface area contributed by atoms with Gasteiger partial charge in [-0.05, 0) is 13.0 Å². The van der Waals surface area contributed by atoms with Gasteiger partial charge in [0.05, 0.1) is 37.4 Å². The van der Waals surface area contributed by atoms with Gasteiger partial charge < -0.3 is 19.5 Å². The number of carbonyl (C=O) groups excluding carboxylic acids is 2. The second kappa shape index (κ2) is 6.31. The van der Waals surface area contributed by atoms with Crippen LogP contribution in [0.5, 0.6) is 5.88 Å². The fraction of sp³-hybridized carbons (Fsp3) is 0.375. The Balaban J connectivity index is 1.81. The molecule has 0 bridgehead atoms. The van der Waals surface area contributed by atoms with E-state index < -0.39 is 0 Å². The summed E-state index contributed by atoms with van der Waals surface area (Å²) < 4.78 is 6.95. The number of hydrogen-bond acceptors (Lipinski definition) is 5. The molecule has 0 fully saturated rings. The summed E-state index contributed by atoms with van der Waals surface area (Å²) in [6.07, 6.45) is 3.06. The molecule has 0 radical (unpaired) electrons. The van der Waals surface area contributed by atoms with Gasteiger partial charge in [-0.1, -0.05) is 0 Å². The van der Waals surface area contributed by atoms with Gasteiger partial charge in [0, 0.05) is 25.7 Å². The molecule has 0 atom stereocenters. The highest BCUT2D eigenvalue weighted by Gasteiger charge is 2.29. The number of pyridine rings is 1. The number of fused-ring (bicyclic) bond motifs is 1. The molecule has 126 valence electrons. The Morgan fingerprint density at radius 3 is 2.88 bits per heavy atom. The molecule has 3 rings (SSSR count). The van der Waals surface area contributed by atoms with Gasteiger partial charge in [0.2, 0.25) is 5.88 Å². The smallest absolute Gasteiger partial charge is 0.269 e. The number of hydrogen-bond donors (Lipinski definition) is 1. The maximum Gasteiger partial charge on any atom is 0.269 e. The number of imidazole rings is 1. The molecule has 0 saturated heterocycles. The monoisotopic (exact) mass is 329 g/mol. The van der Waals surface area contributed by atoms with Crippen LogP contribution in [0.15, 0.2) is 18.6 Å². The lowest BCUT2D eigenvalue weighted by molar-refractivity contribution is 0.0786. The van der Waals surface area contributed by atoms with E-state index in [0.717, 1.165) is 0 Å². The second-order valence-electron chi connectivity index (χ2n) is 5.54. The van der Waals surface area contributed by atoms with Crippen molar-refractivity contribution >= 4 is 11.8 Å². The maximum atomic E-state index is 12.3. The first-order chi connectivity index (χ1) is 11.5. The predicted molar refractivity (Wildman–Crippen MR) is 85.6 cm³/mol. The summed E-state index contributed by atoms with van der Waals surface area (Å²) in [6.45, 7) is 3.26. The molecule has 2 aromatic heterocycles. The Morgan fingerprint density at radius 1 is 1.46 bits per heavy atom. The van der Waals surface area contributed by atoms with Gasteiger partial charge in [-0.15, -0.1) is 0 Å². The summed E-state index contributed by atoms with van der Waals surface area (Å²) in [5.74, 6) is 0.130. The number of amides is 2. The summed E-state index contributed by atoms with van der Waals surface area (Å²) >= 11 is 0. The summed E-state index contributed by atoms with van der Waals surface area (Å²) in [6, 6.07) is 1.75. The summed E-state index contributed by atoms with van der Waals surface area (Å²) in [5, 5.41) is 2.80. The fourth-order valence-electron chi connectivity index (χ4n) is 2.70. The SMILES string of the molecule is CCN1Cc2nc(OC)c(CNC(=O)c3cncn3C)cc2C1=O. The molecule has 0 aromatic carbocycles. The highest BCUT2D eigenvalue weighted by Crippen LogP contribution is 2.26. The van der Waals surface area contributed by atoms with Crippen LogP contribution in [0.3, 0.4) is 0 Å². The molecule has 2 amide bonds. The third-order valence-corrected chi connectivity index (χ3v) is 4.06. The molecule has 1 aliphatic rings. The van der Waals surface area contributed by atoms with Gasteiger partial charge in [0.1, 0.15) is 5.69 Å². The van der Waals surface area contributed by atoms with Crippen molar-refractivity contribution in [1.29, 1.82) is 0 Å². The van der Waals surface area contributed by atoms with E-state index in [2.05, 4.69) is 15.3 Å². The topological polar surface area (TPSA) is 89.3 Å². The van der Waals surface area contributed by atoms with E-state index in [-0.39, 0.29) is 18.4 Å². The van der Waals surface area contributed by atoms with Crippen molar-refractivity contribution in [2.45, 2.75) is 20.0 Å². The van der Waals surface area contributed by atoms with E-state index in [1.165, 1.54) is 13.3 Å². The molecule has 0 spiro atoms. The third-order valence-electron chi connectivity index (χ3n) is 4.06. The van der Waals surface area contributed by atoms with Crippen LogP contribution in [0.4, 0.5) is 0 Å². The molecule has 1 aliphatic heterocycles. The van der Waals surface area contributed by atoms with Gasteiger partial charge in [-0.3, -0.25) is 9.59 Å². The van der Waals surface area contributed by atoms with E-state index in [1.54, 1.807) is 28.9 Å². The highest BCUT2D eigenvalue weighted by molar-refractivity contribution is 5.98. The van der Waals surface area contributed by atoms with Crippen molar-refractivity contribution in [3.05, 3.63) is 41.1 Å². The van der Waals surface area contributed by atoms with Crippen LogP contribution in [0.25, 0.3) is 0 Å². The zero-order valence-corrected chi connectivity index (χ0v) is 13.9. The van der Waals surface area contributed by atoms with Crippen molar-refractivity contribution in [1.82, 2.24) is 24.8 Å². The minimum absolute atomic E-state index is 0.0399. The summed E-state index contributed by atoms with van der Waals surface area (Å²) in [5.41, 5.74) is 2.40. The molecule has 8 nitrogen and oxygen atoms in total. The van der Waals surface area contributed by atoms with Crippen LogP contribution < -0.4 is 10.1 Å². The average molecular weight is 329 g/mol. The lowest BCUT2D eigenvalue weighted by Gasteiger charge is -2.10. The minimum Gasteiger partial charge on any atom is -0.481 e. The fourth-order valence-corrected chi connectivity index (χ4v) is 2.70. The van der Waals surface area contributed by atoms with E-state index in [1.807, 2.05) is 6.92 Å². The van der Waals surface area contributed by atoms with E-state index in [4.69, 9.17) is 4.74 Å². The Morgan fingerprint density at radius 2 is 2.25 bits per heavy atom. The quantitative estimate of drug-likeness (QED) is 0.873. The lowest BCUT2D eigenvalue weighted by Crippen LogP contribution is -2.25. The number of nitrogens with one attached hydrogen (secondary N) is 1. The molecule has 2 aromatic rings. The van der Waals surface area contributed by atoms with Gasteiger partial charge in [-0.25, -0.2) is 9.97 Å². The number of carbonyl (C=O) groups is 2. The van der Waals surface area contributed by atoms with Crippen molar-refractivity contribution in [3.8, 4) is 5.88 Å². The largest absolute Gasteiger partial charge is 0.481 e. The molecule has 0 saturated carbocycles. The van der Waals surface area contributed by atoms with Crippen LogP contribution in [0, 0.1) is 0 Å². The average Bonchev–Trinajstić information content (AvgIpc) is 3.15. The Bertz CT molecular complexity index is 799. The van der Waals surface area contributed by atoms with Crippen LogP contribution in [-0.2, 0) is 20.1 Å². The number of aryl methyl sites for hydroxylation is 1. The third kappa shape index (κ3) is 2.70. The van der Waals surface area contributed by atoms with Gasteiger partial charge in [0.15, 0.2) is 0 Å². The molecular weight excluding hydrogens is 310 g/mol. The minimum atomic E-state index is -0.251. The first-order valence-electron chi connectivity index (χ1n) is 7.65. The number of rotatable bonds is 5. The highest BCUT2D eigenvalue weighted by atomic mass is 16.5. The summed E-state index contributed by atoms with van der Waals surface area (Å²) in [7, 11) is 3.27. The van der Waals surface area contributed by atoms with Crippen LogP contribution >= 0.6 is 0 Å². The van der Waals surface area contributed by atoms with Crippen molar-refractivity contribution in [2.24, 2.45) is 7.05 Å². The summed E-state index contributed by atoms with van der Waals surface area (Å²) in [4.78, 5) is 34.5. The first kappa shape index (κ1) is 16.0. The van der Waals surface area contributed by atoms with Crippen molar-refractivity contribution in [3.63, 3.8) is 0 Å². The molecular formula is C16H19N5O3. The zero-order chi connectivity index (χ0) is 17.3. The Hall–Kier alpha value is -2.90. The first-order valence-corrected chi connectivity index (χ1v) is 7.65. The standard InChI is InChI=1S/C16H19N5O3/c1-4-21-8-12-11(16(21)23)5-10(15(19-12)24-3)6-18-14(22)13-7-17-9-20(13)2/h5,7,9H,4,6,8H2,1-3H3,(H,18,22). The van der Waals surface area contributed by atoms with E-state index in [9.17, 15) is 9.59 Å². The molecule has 1 N–H and O–H groups in total. The van der Waals surface area contributed by atoms with Crippen LogP contribution in [0.2, 0.25) is 0 Å². The van der Waals surface area contributed by atoms with E-state index >= 15 is 0 Å². The Kier molecular flexibility index (Phi) is 4.20. The molecule has 0 aliphatic carbocycles. The van der Waals surface area contributed by atoms with Crippen LogP contribution in [0.1, 0.15) is 39.0 Å². The molecule has 24 heavy (non-hydrogen) atoms. The van der Waals surface area contributed by atoms with Gasteiger partial charge in [0.25, 0.3) is 11.8 Å². The lowest BCUT2D eigenvalue weighted by atomic mass is 10.1. The van der Waals surface area contributed by atoms with Gasteiger partial charge in [-0.2, -0.15) is 0 Å². The van der Waals surface area contributed by atoms with E-state index in [0.29, 0.717) is 41.5 Å². The van der Waals surface area contributed by atoms with Gasteiger partial charge >= 0.3 is 0 Å². The van der Waals surface area contributed by atoms with Crippen LogP contribution in [-0.4, -0.2) is 44.9 Å². The number of ether oxygens (including phenoxy) is 1. The second-order valence-corrected chi connectivity index (χ2v) is 5.54. The zero-order valence-electron chi connectivity index (χ0n) is 13.9. The Labute approximate surface area is 139 Å². The normalized spacial score (nSPS) is 13.1. The van der Waals surface area contributed by atoms with Crippen molar-refractivity contribution in [2.75, 3.05) is 13.7 Å². The maximum absolute atomic E-state index is 12.3. The van der Waals surface area contributed by atoms with Crippen molar-refractivity contribution < 1.29 is 14.3 Å². The number of aromatic nitrogens is 3. The number of methoxy groups -OCH3 is 1.